The van der Waals surface area contributed by atoms with E-state index in [0.717, 1.165) is 25.8 Å². The number of hydrogen-bond donors (Lipinski definition) is 1. The maximum atomic E-state index is 11.2. The summed E-state index contributed by atoms with van der Waals surface area (Å²) in [6.45, 7) is 12.0. The van der Waals surface area contributed by atoms with Crippen LogP contribution in [0.4, 0.5) is 0 Å². The van der Waals surface area contributed by atoms with Crippen molar-refractivity contribution in [3.05, 3.63) is 0 Å². The topological polar surface area (TPSA) is 38.3 Å². The van der Waals surface area contributed by atoms with Crippen molar-refractivity contribution < 1.29 is 11.0 Å². The highest BCUT2D eigenvalue weighted by Crippen LogP contribution is 1.96. The van der Waals surface area contributed by atoms with Gasteiger partial charge in [0.2, 0.25) is 5.91 Å². The van der Waals surface area contributed by atoms with E-state index in [1.807, 2.05) is 13.8 Å². The van der Waals surface area contributed by atoms with Crippen molar-refractivity contribution in [2.45, 2.75) is 53.9 Å². The molecule has 1 amide bonds. The molecule has 0 aromatic heterocycles. The summed E-state index contributed by atoms with van der Waals surface area (Å²) in [7, 11) is 0. The molecule has 0 saturated carbocycles. The Hall–Kier alpha value is -0.570. The van der Waals surface area contributed by atoms with Gasteiger partial charge in [-0.2, -0.15) is 0 Å². The van der Waals surface area contributed by atoms with Crippen LogP contribution in [0.3, 0.4) is 0 Å². The molecule has 0 atom stereocenters. The summed E-state index contributed by atoms with van der Waals surface area (Å²) >= 11 is 0. The molecule has 0 heterocycles. The van der Waals surface area contributed by atoms with E-state index in [4.69, 9.17) is 4.74 Å². The highest BCUT2D eigenvalue weighted by molar-refractivity contribution is 5.77. The van der Waals surface area contributed by atoms with Crippen molar-refractivity contribution in [1.82, 2.24) is 5.32 Å². The predicted molar refractivity (Wildman–Crippen MR) is 71.7 cm³/mol. The maximum absolute atomic E-state index is 11.2. The molecule has 0 aliphatic carbocycles. The zero-order valence-corrected chi connectivity index (χ0v) is 11.6. The third-order valence-electron chi connectivity index (χ3n) is 1.92. The molecular weight excluding hydrogens is 202 g/mol. The van der Waals surface area contributed by atoms with Crippen LogP contribution in [-0.2, 0) is 9.53 Å². The molecule has 1 N–H and O–H groups in total. The molecule has 0 aliphatic heterocycles. The molecule has 16 heavy (non-hydrogen) atoms. The number of amides is 1. The molecule has 0 rings (SSSR count). The van der Waals surface area contributed by atoms with Crippen LogP contribution < -0.4 is 5.32 Å². The lowest BCUT2D eigenvalue weighted by atomic mass is 10.1. The first-order valence-electron chi connectivity index (χ1n) is 6.51. The van der Waals surface area contributed by atoms with Gasteiger partial charge >= 0.3 is 0 Å². The van der Waals surface area contributed by atoms with E-state index in [0.29, 0.717) is 12.5 Å². The van der Waals surface area contributed by atoms with Crippen molar-refractivity contribution >= 4 is 5.91 Å². The normalized spacial score (nSPS) is 9.62. The fraction of sp³-hybridized carbons (Fsp3) is 0.923. The Morgan fingerprint density at radius 3 is 2.50 bits per heavy atom. The van der Waals surface area contributed by atoms with E-state index in [9.17, 15) is 4.79 Å². The van der Waals surface area contributed by atoms with Gasteiger partial charge in [-0.25, -0.2) is 0 Å². The Morgan fingerprint density at radius 2 is 2.00 bits per heavy atom. The summed E-state index contributed by atoms with van der Waals surface area (Å²) < 4.78 is 5.18. The second-order valence-corrected chi connectivity index (χ2v) is 3.94. The van der Waals surface area contributed by atoms with Gasteiger partial charge in [-0.3, -0.25) is 4.79 Å². The molecule has 100 valence electrons. The van der Waals surface area contributed by atoms with E-state index in [1.54, 1.807) is 0 Å². The van der Waals surface area contributed by atoms with E-state index >= 15 is 0 Å². The zero-order chi connectivity index (χ0) is 12.8. The quantitative estimate of drug-likeness (QED) is 0.654. The van der Waals surface area contributed by atoms with E-state index in [1.165, 1.54) is 0 Å². The molecule has 3 nitrogen and oxygen atoms in total. The van der Waals surface area contributed by atoms with Crippen LogP contribution >= 0.6 is 0 Å². The SMILES string of the molecule is CC.CCCCOCC(=O)NCCC(C)C.[HH]. The molecular formula is C13H31NO2. The molecule has 0 aliphatic rings. The molecule has 0 bridgehead atoms. The van der Waals surface area contributed by atoms with E-state index in [-0.39, 0.29) is 13.9 Å². The molecule has 0 aromatic carbocycles. The van der Waals surface area contributed by atoms with Crippen molar-refractivity contribution in [2.24, 2.45) is 5.92 Å². The highest BCUT2D eigenvalue weighted by atomic mass is 16.5. The van der Waals surface area contributed by atoms with Crippen molar-refractivity contribution in [3.63, 3.8) is 0 Å². The number of carbonyl (C=O) groups excluding carboxylic acids is 1. The van der Waals surface area contributed by atoms with Gasteiger partial charge in [-0.15, -0.1) is 0 Å². The third kappa shape index (κ3) is 15.9. The minimum Gasteiger partial charge on any atom is -0.372 e. The summed E-state index contributed by atoms with van der Waals surface area (Å²) in [4.78, 5) is 11.2. The first-order chi connectivity index (χ1) is 7.66. The van der Waals surface area contributed by atoms with Crippen molar-refractivity contribution in [2.75, 3.05) is 19.8 Å². The first kappa shape index (κ1) is 17.8. The lowest BCUT2D eigenvalue weighted by molar-refractivity contribution is -0.125. The van der Waals surface area contributed by atoms with Crippen molar-refractivity contribution in [1.29, 1.82) is 0 Å². The fourth-order valence-corrected chi connectivity index (χ4v) is 0.963. The Balaban J connectivity index is -0.000000616. The average molecular weight is 233 g/mol. The van der Waals surface area contributed by atoms with Gasteiger partial charge in [0.05, 0.1) is 0 Å². The molecule has 0 aromatic rings. The summed E-state index contributed by atoms with van der Waals surface area (Å²) in [6, 6.07) is 0. The van der Waals surface area contributed by atoms with Crippen molar-refractivity contribution in [3.8, 4) is 0 Å². The molecule has 3 heteroatoms. The second kappa shape index (κ2) is 14.4. The Kier molecular flexibility index (Phi) is 16.1. The van der Waals surface area contributed by atoms with Gasteiger partial charge in [0.15, 0.2) is 0 Å². The molecule has 0 unspecified atom stereocenters. The van der Waals surface area contributed by atoms with Crippen LogP contribution in [0.2, 0.25) is 0 Å². The third-order valence-corrected chi connectivity index (χ3v) is 1.92. The first-order valence-corrected chi connectivity index (χ1v) is 6.51. The average Bonchev–Trinajstić information content (AvgIpc) is 2.27. The van der Waals surface area contributed by atoms with Gasteiger partial charge in [-0.05, 0) is 18.8 Å². The fourth-order valence-electron chi connectivity index (χ4n) is 0.963. The highest BCUT2D eigenvalue weighted by Gasteiger charge is 2.00. The summed E-state index contributed by atoms with van der Waals surface area (Å²) in [5.74, 6) is 0.637. The predicted octanol–water partition coefficient (Wildman–Crippen LogP) is 3.24. The van der Waals surface area contributed by atoms with Gasteiger partial charge in [0, 0.05) is 14.6 Å². The van der Waals surface area contributed by atoms with E-state index in [2.05, 4.69) is 26.1 Å². The van der Waals surface area contributed by atoms with Crippen LogP contribution in [0.1, 0.15) is 55.3 Å². The summed E-state index contributed by atoms with van der Waals surface area (Å²) in [5.41, 5.74) is 0. The van der Waals surface area contributed by atoms with Crippen LogP contribution in [-0.4, -0.2) is 25.7 Å². The van der Waals surface area contributed by atoms with Crippen LogP contribution in [0.15, 0.2) is 0 Å². The Labute approximate surface area is 102 Å². The molecule has 0 spiro atoms. The summed E-state index contributed by atoms with van der Waals surface area (Å²) in [6.07, 6.45) is 3.16. The lowest BCUT2D eigenvalue weighted by Gasteiger charge is -2.07. The minimum absolute atomic E-state index is 0. The molecule has 0 radical (unpaired) electrons. The Morgan fingerprint density at radius 1 is 1.38 bits per heavy atom. The standard InChI is InChI=1S/C11H23NO2.C2H6.H2/c1-4-5-8-14-9-11(13)12-7-6-10(2)3;1-2;/h10H,4-9H2,1-3H3,(H,12,13);1-2H3;1H. The van der Waals surface area contributed by atoms with Crippen LogP contribution in [0.25, 0.3) is 0 Å². The monoisotopic (exact) mass is 233 g/mol. The summed E-state index contributed by atoms with van der Waals surface area (Å²) in [5, 5.41) is 2.83. The number of carbonyl (C=O) groups is 1. The van der Waals surface area contributed by atoms with Gasteiger partial charge in [-0.1, -0.05) is 41.0 Å². The largest absolute Gasteiger partial charge is 0.372 e. The lowest BCUT2D eigenvalue weighted by Crippen LogP contribution is -2.29. The number of unbranched alkanes of at least 4 members (excludes halogenated alkanes) is 1. The zero-order valence-electron chi connectivity index (χ0n) is 11.6. The number of rotatable bonds is 8. The second-order valence-electron chi connectivity index (χ2n) is 3.94. The molecule has 0 saturated heterocycles. The maximum Gasteiger partial charge on any atom is 0.245 e. The van der Waals surface area contributed by atoms with Gasteiger partial charge < -0.3 is 10.1 Å². The molecule has 0 fully saturated rings. The number of ether oxygens (including phenoxy) is 1. The van der Waals surface area contributed by atoms with Gasteiger partial charge in [0.25, 0.3) is 0 Å². The van der Waals surface area contributed by atoms with E-state index < -0.39 is 0 Å². The van der Waals surface area contributed by atoms with Crippen LogP contribution in [0.5, 0.6) is 0 Å². The Bertz CT molecular complexity index is 152. The minimum atomic E-state index is 0. The van der Waals surface area contributed by atoms with Gasteiger partial charge in [0.1, 0.15) is 6.61 Å². The smallest absolute Gasteiger partial charge is 0.245 e. The number of hydrogen-bond acceptors (Lipinski definition) is 2. The number of nitrogens with one attached hydrogen (secondary N) is 1. The van der Waals surface area contributed by atoms with Crippen LogP contribution in [0, 0.1) is 5.92 Å².